The van der Waals surface area contributed by atoms with Gasteiger partial charge in [-0.1, -0.05) is 109 Å². The van der Waals surface area contributed by atoms with Gasteiger partial charge in [-0.25, -0.2) is 0 Å². The summed E-state index contributed by atoms with van der Waals surface area (Å²) in [6.07, 6.45) is 6.34. The van der Waals surface area contributed by atoms with E-state index in [4.69, 9.17) is 9.47 Å². The molecule has 2 aliphatic heterocycles. The second-order valence-corrected chi connectivity index (χ2v) is 10.2. The second kappa shape index (κ2) is 10.3. The normalized spacial score (nSPS) is 16.8. The van der Waals surface area contributed by atoms with Crippen LogP contribution < -0.4 is 14.4 Å². The minimum atomic E-state index is -1.06. The molecule has 0 aliphatic carbocycles. The van der Waals surface area contributed by atoms with Crippen LogP contribution in [0.15, 0.2) is 140 Å². The van der Waals surface area contributed by atoms with Gasteiger partial charge in [-0.2, -0.15) is 0 Å². The maximum Gasteiger partial charge on any atom is 0.299 e. The van der Waals surface area contributed by atoms with E-state index in [1.807, 2.05) is 42.5 Å². The average Bonchev–Trinajstić information content (AvgIpc) is 3.01. The maximum atomic E-state index is 6.87. The van der Waals surface area contributed by atoms with Crippen LogP contribution in [0.2, 0.25) is 0 Å². The van der Waals surface area contributed by atoms with Crippen LogP contribution in [0, 0.1) is 0 Å². The average molecular weight is 520 g/mol. The number of para-hydroxylation sites is 1. The van der Waals surface area contributed by atoms with Crippen molar-refractivity contribution in [3.63, 3.8) is 0 Å². The number of anilines is 1. The van der Waals surface area contributed by atoms with E-state index in [1.54, 1.807) is 0 Å². The summed E-state index contributed by atoms with van der Waals surface area (Å²) in [6, 6.07) is 46.1. The van der Waals surface area contributed by atoms with E-state index in [9.17, 15) is 0 Å². The van der Waals surface area contributed by atoms with Gasteiger partial charge in [-0.3, -0.25) is 0 Å². The third-order valence-corrected chi connectivity index (χ3v) is 7.48. The third-order valence-electron chi connectivity index (χ3n) is 7.48. The van der Waals surface area contributed by atoms with E-state index in [1.165, 1.54) is 11.1 Å². The van der Waals surface area contributed by atoms with Crippen molar-refractivity contribution in [2.24, 2.45) is 0 Å². The highest BCUT2D eigenvalue weighted by Crippen LogP contribution is 2.46. The Morgan fingerprint density at radius 1 is 0.550 bits per heavy atom. The lowest BCUT2D eigenvalue weighted by molar-refractivity contribution is -0.0211. The third kappa shape index (κ3) is 4.67. The number of rotatable bonds is 6. The first-order valence-corrected chi connectivity index (χ1v) is 13.7. The largest absolute Gasteiger partial charge is 0.444 e. The van der Waals surface area contributed by atoms with Crippen molar-refractivity contribution in [2.45, 2.75) is 18.9 Å². The summed E-state index contributed by atoms with van der Waals surface area (Å²) in [6.45, 7) is 1.57. The lowest BCUT2D eigenvalue weighted by Crippen LogP contribution is -2.44. The monoisotopic (exact) mass is 519 g/mol. The molecular weight excluding hydrogens is 490 g/mol. The minimum Gasteiger partial charge on any atom is -0.444 e. The summed E-state index contributed by atoms with van der Waals surface area (Å²) in [5, 5.41) is 0. The molecular formula is C37H29NO2. The zero-order valence-electron chi connectivity index (χ0n) is 22.1. The van der Waals surface area contributed by atoms with E-state index in [0.717, 1.165) is 52.5 Å². The van der Waals surface area contributed by atoms with E-state index in [-0.39, 0.29) is 0 Å². The van der Waals surface area contributed by atoms with Crippen LogP contribution in [0.25, 0.3) is 17.7 Å². The SMILES string of the molecule is C1=CC2(Oc3ccccc3C=C2c2ccccc2)Oc2cc(N(Cc3ccccc3)Cc3ccccc3)ccc21. The number of benzene rings is 5. The molecule has 7 rings (SSSR count). The molecule has 0 radical (unpaired) electrons. The quantitative estimate of drug-likeness (QED) is 0.224. The van der Waals surface area contributed by atoms with Gasteiger partial charge < -0.3 is 14.4 Å². The van der Waals surface area contributed by atoms with Gasteiger partial charge in [0.05, 0.1) is 0 Å². The molecule has 1 spiro atoms. The Balaban J connectivity index is 1.28. The zero-order chi connectivity index (χ0) is 26.8. The number of nitrogens with zero attached hydrogens (tertiary/aromatic N) is 1. The molecule has 0 aromatic heterocycles. The molecule has 1 atom stereocenters. The predicted octanol–water partition coefficient (Wildman–Crippen LogP) is 8.63. The first-order chi connectivity index (χ1) is 19.8. The second-order valence-electron chi connectivity index (χ2n) is 10.2. The molecule has 0 fully saturated rings. The molecule has 5 aromatic rings. The Kier molecular flexibility index (Phi) is 6.18. The fraction of sp³-hybridized carbons (Fsp3) is 0.0811. The fourth-order valence-corrected chi connectivity index (χ4v) is 5.46. The van der Waals surface area contributed by atoms with Crippen molar-refractivity contribution in [1.82, 2.24) is 0 Å². The molecule has 0 N–H and O–H groups in total. The van der Waals surface area contributed by atoms with Crippen molar-refractivity contribution in [3.8, 4) is 11.5 Å². The molecule has 0 saturated carbocycles. The van der Waals surface area contributed by atoms with Gasteiger partial charge in [-0.15, -0.1) is 0 Å². The van der Waals surface area contributed by atoms with Gasteiger partial charge in [0, 0.05) is 47.6 Å². The Morgan fingerprint density at radius 3 is 1.85 bits per heavy atom. The number of ether oxygens (including phenoxy) is 2. The summed E-state index contributed by atoms with van der Waals surface area (Å²) < 4.78 is 13.6. The predicted molar refractivity (Wildman–Crippen MR) is 163 cm³/mol. The van der Waals surface area contributed by atoms with Crippen LogP contribution in [0.3, 0.4) is 0 Å². The van der Waals surface area contributed by atoms with Crippen LogP contribution in [0.1, 0.15) is 27.8 Å². The molecule has 1 unspecified atom stereocenters. The highest BCUT2D eigenvalue weighted by molar-refractivity contribution is 5.91. The minimum absolute atomic E-state index is 0.786. The first-order valence-electron chi connectivity index (χ1n) is 13.7. The van der Waals surface area contributed by atoms with Gasteiger partial charge in [-0.05, 0) is 47.0 Å². The van der Waals surface area contributed by atoms with E-state index < -0.39 is 5.79 Å². The Bertz CT molecular complexity index is 1650. The lowest BCUT2D eigenvalue weighted by atomic mass is 9.90. The summed E-state index contributed by atoms with van der Waals surface area (Å²) >= 11 is 0. The molecule has 194 valence electrons. The van der Waals surface area contributed by atoms with E-state index >= 15 is 0 Å². The molecule has 0 amide bonds. The van der Waals surface area contributed by atoms with E-state index in [2.05, 4.69) is 114 Å². The molecule has 3 nitrogen and oxygen atoms in total. The Labute approximate surface area is 235 Å². The van der Waals surface area contributed by atoms with Gasteiger partial charge in [0.25, 0.3) is 5.79 Å². The topological polar surface area (TPSA) is 21.7 Å². The molecule has 40 heavy (non-hydrogen) atoms. The Morgan fingerprint density at radius 2 is 1.15 bits per heavy atom. The number of hydrogen-bond donors (Lipinski definition) is 0. The van der Waals surface area contributed by atoms with Crippen LogP contribution in [0.4, 0.5) is 5.69 Å². The van der Waals surface area contributed by atoms with Crippen molar-refractivity contribution in [3.05, 3.63) is 167 Å². The van der Waals surface area contributed by atoms with Crippen LogP contribution in [0.5, 0.6) is 11.5 Å². The lowest BCUT2D eigenvalue weighted by Gasteiger charge is -2.40. The molecule has 0 bridgehead atoms. The molecule has 2 heterocycles. The highest BCUT2D eigenvalue weighted by atomic mass is 16.7. The van der Waals surface area contributed by atoms with Crippen molar-refractivity contribution >= 4 is 23.4 Å². The fourth-order valence-electron chi connectivity index (χ4n) is 5.46. The van der Waals surface area contributed by atoms with Crippen LogP contribution >= 0.6 is 0 Å². The van der Waals surface area contributed by atoms with Gasteiger partial charge in [0.2, 0.25) is 0 Å². The highest BCUT2D eigenvalue weighted by Gasteiger charge is 2.43. The van der Waals surface area contributed by atoms with Gasteiger partial charge >= 0.3 is 0 Å². The molecule has 5 aromatic carbocycles. The smallest absolute Gasteiger partial charge is 0.299 e. The summed E-state index contributed by atoms with van der Waals surface area (Å²) in [7, 11) is 0. The van der Waals surface area contributed by atoms with Gasteiger partial charge in [0.1, 0.15) is 11.5 Å². The standard InChI is InChI=1S/C37H29NO2/c1-4-12-28(13-5-1)26-38(27-29-14-6-2-7-15-29)33-21-20-31-22-23-37(40-36(31)25-33)34(30-16-8-3-9-17-30)24-32-18-10-11-19-35(32)39-37/h1-25H,26-27H2. The molecule has 2 aliphatic rings. The van der Waals surface area contributed by atoms with Crippen molar-refractivity contribution < 1.29 is 9.47 Å². The van der Waals surface area contributed by atoms with E-state index in [0.29, 0.717) is 0 Å². The Hall–Kier alpha value is -5.02. The number of hydrogen-bond acceptors (Lipinski definition) is 3. The summed E-state index contributed by atoms with van der Waals surface area (Å²) in [4.78, 5) is 2.39. The van der Waals surface area contributed by atoms with Crippen molar-refractivity contribution in [1.29, 1.82) is 0 Å². The van der Waals surface area contributed by atoms with Gasteiger partial charge in [0.15, 0.2) is 0 Å². The van der Waals surface area contributed by atoms with Crippen LogP contribution in [-0.4, -0.2) is 5.79 Å². The zero-order valence-corrected chi connectivity index (χ0v) is 22.1. The number of fused-ring (bicyclic) bond motifs is 2. The summed E-state index contributed by atoms with van der Waals surface area (Å²) in [5.41, 5.74) is 7.73. The maximum absolute atomic E-state index is 6.87. The summed E-state index contributed by atoms with van der Waals surface area (Å²) in [5.74, 6) is 0.541. The molecule has 3 heteroatoms. The van der Waals surface area contributed by atoms with Crippen molar-refractivity contribution in [2.75, 3.05) is 4.90 Å². The molecule has 0 saturated heterocycles. The van der Waals surface area contributed by atoms with Crippen LogP contribution in [-0.2, 0) is 13.1 Å². The first kappa shape index (κ1) is 24.1.